The topological polar surface area (TPSA) is 48.8 Å². The van der Waals surface area contributed by atoms with E-state index in [0.717, 1.165) is 67.6 Å². The lowest BCUT2D eigenvalue weighted by Gasteiger charge is -2.43. The number of fused-ring (bicyclic) bond motifs is 2. The number of nitrogens with zero attached hydrogens (tertiary/aromatic N) is 4. The molecule has 0 spiro atoms. The number of para-hydroxylation sites is 1. The molecule has 0 saturated carbocycles. The van der Waals surface area contributed by atoms with Crippen LogP contribution in [-0.2, 0) is 24.1 Å². The number of benzene rings is 3. The van der Waals surface area contributed by atoms with E-state index in [4.69, 9.17) is 0 Å². The third-order valence-electron chi connectivity index (χ3n) is 10.3. The number of alkyl halides is 3. The molecule has 1 aromatic heterocycles. The smallest absolute Gasteiger partial charge is 0.340 e. The van der Waals surface area contributed by atoms with E-state index in [-0.39, 0.29) is 17.5 Å². The first-order valence-electron chi connectivity index (χ1n) is 16.5. The lowest BCUT2D eigenvalue weighted by atomic mass is 9.92. The van der Waals surface area contributed by atoms with Crippen molar-refractivity contribution in [3.63, 3.8) is 0 Å². The molecule has 2 amide bonds. The fraction of sp³-hybridized carbons (Fsp3) is 0.368. The maximum absolute atomic E-state index is 14.3. The number of piperidine rings is 2. The Morgan fingerprint density at radius 3 is 2.38 bits per heavy atom. The highest BCUT2D eigenvalue weighted by Crippen LogP contribution is 2.40. The second-order valence-corrected chi connectivity index (χ2v) is 13.1. The molecule has 244 valence electrons. The molecule has 9 heteroatoms. The van der Waals surface area contributed by atoms with Crippen LogP contribution in [0.3, 0.4) is 0 Å². The molecule has 2 unspecified atom stereocenters. The summed E-state index contributed by atoms with van der Waals surface area (Å²) in [6, 6.07) is 22.9. The van der Waals surface area contributed by atoms with Gasteiger partial charge in [0.25, 0.3) is 5.91 Å². The fourth-order valence-electron chi connectivity index (χ4n) is 7.87. The van der Waals surface area contributed by atoms with Crippen LogP contribution in [-0.4, -0.2) is 52.4 Å². The molecule has 3 aliphatic rings. The molecule has 2 atom stereocenters. The number of amides is 2. The number of rotatable bonds is 5. The molecule has 0 N–H and O–H groups in total. The van der Waals surface area contributed by atoms with E-state index in [1.807, 2.05) is 29.2 Å². The van der Waals surface area contributed by atoms with Crippen molar-refractivity contribution in [2.24, 2.45) is 0 Å². The Hall–Kier alpha value is -4.37. The molecule has 4 heterocycles. The molecule has 3 aliphatic heterocycles. The van der Waals surface area contributed by atoms with E-state index in [2.05, 4.69) is 21.6 Å². The second kappa shape index (κ2) is 12.7. The average Bonchev–Trinajstić information content (AvgIpc) is 3.40. The van der Waals surface area contributed by atoms with Crippen molar-refractivity contribution < 1.29 is 22.8 Å². The molecule has 0 radical (unpaired) electrons. The standard InChI is InChI=1S/C38H39F3N4O2/c1-26-21-27(13-15-31(26)32-10-4-5-11-33(32)38(39,40)41)37(47)45-24-30-14-16-35(44(30)23-28-9-3-6-12-34(28)45)36-22-29(17-20-43(36)25-46)42-18-7-2-8-19-42/h3-6,9-16,21,25,29,36H,2,7-8,17-20,22-24H2,1H3. The van der Waals surface area contributed by atoms with Gasteiger partial charge in [0.2, 0.25) is 6.41 Å². The van der Waals surface area contributed by atoms with Crippen LogP contribution in [0.25, 0.3) is 11.1 Å². The zero-order valence-corrected chi connectivity index (χ0v) is 26.5. The first-order chi connectivity index (χ1) is 22.7. The number of halogens is 3. The van der Waals surface area contributed by atoms with Crippen LogP contribution in [0.2, 0.25) is 0 Å². The largest absolute Gasteiger partial charge is 0.417 e. The van der Waals surface area contributed by atoms with Gasteiger partial charge in [-0.05, 0) is 104 Å². The van der Waals surface area contributed by atoms with Crippen LogP contribution >= 0.6 is 0 Å². The minimum atomic E-state index is -4.49. The van der Waals surface area contributed by atoms with Gasteiger partial charge in [0.05, 0.1) is 18.2 Å². The maximum Gasteiger partial charge on any atom is 0.417 e. The Balaban J connectivity index is 1.21. The third kappa shape index (κ3) is 5.97. The normalized spacial score (nSPS) is 20.3. The zero-order chi connectivity index (χ0) is 32.7. The van der Waals surface area contributed by atoms with Crippen LogP contribution in [0, 0.1) is 6.92 Å². The number of hydrogen-bond donors (Lipinski definition) is 0. The molecule has 7 rings (SSSR count). The van der Waals surface area contributed by atoms with E-state index in [9.17, 15) is 22.8 Å². The van der Waals surface area contributed by atoms with E-state index in [1.165, 1.54) is 31.4 Å². The molecule has 3 aromatic carbocycles. The van der Waals surface area contributed by atoms with Gasteiger partial charge in [0.1, 0.15) is 0 Å². The van der Waals surface area contributed by atoms with Gasteiger partial charge in [-0.15, -0.1) is 0 Å². The lowest BCUT2D eigenvalue weighted by Crippen LogP contribution is -2.48. The summed E-state index contributed by atoms with van der Waals surface area (Å²) in [5, 5.41) is 0. The van der Waals surface area contributed by atoms with E-state index in [1.54, 1.807) is 36.1 Å². The molecule has 47 heavy (non-hydrogen) atoms. The van der Waals surface area contributed by atoms with E-state index >= 15 is 0 Å². The highest BCUT2D eigenvalue weighted by atomic mass is 19.4. The van der Waals surface area contributed by atoms with Crippen LogP contribution in [0.4, 0.5) is 18.9 Å². The van der Waals surface area contributed by atoms with Gasteiger partial charge in [0.15, 0.2) is 0 Å². The number of aromatic nitrogens is 1. The predicted molar refractivity (Wildman–Crippen MR) is 176 cm³/mol. The number of anilines is 1. The Kier molecular flexibility index (Phi) is 8.43. The number of hydrogen-bond acceptors (Lipinski definition) is 3. The number of carbonyl (C=O) groups excluding carboxylic acids is 2. The summed E-state index contributed by atoms with van der Waals surface area (Å²) >= 11 is 0. The summed E-state index contributed by atoms with van der Waals surface area (Å²) in [5.74, 6) is -0.218. The van der Waals surface area contributed by atoms with Gasteiger partial charge in [-0.2, -0.15) is 13.2 Å². The Morgan fingerprint density at radius 1 is 0.851 bits per heavy atom. The Labute approximate surface area is 273 Å². The van der Waals surface area contributed by atoms with Gasteiger partial charge < -0.3 is 19.3 Å². The monoisotopic (exact) mass is 640 g/mol. The van der Waals surface area contributed by atoms with Crippen LogP contribution in [0.5, 0.6) is 0 Å². The van der Waals surface area contributed by atoms with Crippen molar-refractivity contribution in [1.82, 2.24) is 14.4 Å². The van der Waals surface area contributed by atoms with Crippen molar-refractivity contribution in [2.75, 3.05) is 24.5 Å². The SMILES string of the molecule is Cc1cc(C(=O)N2Cc3ccc(C4CC(N5CCCCC5)CCN4C=O)n3Cc3ccccc32)ccc1-c1ccccc1C(F)(F)F. The van der Waals surface area contributed by atoms with Crippen molar-refractivity contribution in [1.29, 1.82) is 0 Å². The van der Waals surface area contributed by atoms with Gasteiger partial charge >= 0.3 is 6.18 Å². The lowest BCUT2D eigenvalue weighted by molar-refractivity contribution is -0.137. The molecule has 4 aromatic rings. The first kappa shape index (κ1) is 31.2. The first-order valence-corrected chi connectivity index (χ1v) is 16.5. The highest BCUT2D eigenvalue weighted by molar-refractivity contribution is 6.07. The quantitative estimate of drug-likeness (QED) is 0.209. The molecule has 2 saturated heterocycles. The zero-order valence-electron chi connectivity index (χ0n) is 26.5. The third-order valence-corrected chi connectivity index (χ3v) is 10.3. The molecule has 6 nitrogen and oxygen atoms in total. The summed E-state index contributed by atoms with van der Waals surface area (Å²) in [5.41, 5.74) is 4.70. The summed E-state index contributed by atoms with van der Waals surface area (Å²) in [6.45, 7) is 5.60. The fourth-order valence-corrected chi connectivity index (χ4v) is 7.87. The Bertz CT molecular complexity index is 1790. The van der Waals surface area contributed by atoms with Crippen molar-refractivity contribution in [2.45, 2.75) is 70.4 Å². The molecule has 2 fully saturated rings. The minimum Gasteiger partial charge on any atom is -0.340 e. The van der Waals surface area contributed by atoms with Crippen LogP contribution < -0.4 is 4.90 Å². The van der Waals surface area contributed by atoms with E-state index < -0.39 is 11.7 Å². The summed E-state index contributed by atoms with van der Waals surface area (Å²) in [7, 11) is 0. The molecule has 0 aliphatic carbocycles. The van der Waals surface area contributed by atoms with Crippen molar-refractivity contribution in [3.05, 3.63) is 113 Å². The summed E-state index contributed by atoms with van der Waals surface area (Å²) in [6.07, 6.45) is 2.09. The van der Waals surface area contributed by atoms with E-state index in [0.29, 0.717) is 35.8 Å². The van der Waals surface area contributed by atoms with Crippen molar-refractivity contribution in [3.8, 4) is 11.1 Å². The maximum atomic E-state index is 14.3. The van der Waals surface area contributed by atoms with Crippen LogP contribution in [0.1, 0.15) is 76.6 Å². The highest BCUT2D eigenvalue weighted by Gasteiger charge is 2.36. The number of likely N-dealkylation sites (tertiary alicyclic amines) is 2. The van der Waals surface area contributed by atoms with Gasteiger partial charge in [-0.1, -0.05) is 48.9 Å². The average molecular weight is 641 g/mol. The summed E-state index contributed by atoms with van der Waals surface area (Å²) in [4.78, 5) is 32.8. The minimum absolute atomic E-state index is 0.0499. The molecule has 0 bridgehead atoms. The Morgan fingerprint density at radius 2 is 1.62 bits per heavy atom. The van der Waals surface area contributed by atoms with Crippen molar-refractivity contribution >= 4 is 18.0 Å². The molecular weight excluding hydrogens is 601 g/mol. The number of carbonyl (C=O) groups is 2. The second-order valence-electron chi connectivity index (χ2n) is 13.1. The summed E-state index contributed by atoms with van der Waals surface area (Å²) < 4.78 is 43.7. The van der Waals surface area contributed by atoms with Crippen LogP contribution in [0.15, 0.2) is 78.9 Å². The van der Waals surface area contributed by atoms with Gasteiger partial charge in [0, 0.05) is 41.8 Å². The number of aryl methyl sites for hydroxylation is 1. The van der Waals surface area contributed by atoms with Gasteiger partial charge in [-0.3, -0.25) is 9.59 Å². The van der Waals surface area contributed by atoms with Gasteiger partial charge in [-0.25, -0.2) is 0 Å². The predicted octanol–water partition coefficient (Wildman–Crippen LogP) is 7.84. The molecular formula is C38H39F3N4O2.